The Bertz CT molecular complexity index is 733. The molecule has 1 atom stereocenters. The molecule has 5 N–H and O–H groups in total. The zero-order valence-electron chi connectivity index (χ0n) is 17.6. The Morgan fingerprint density at radius 1 is 1.34 bits per heavy atom. The summed E-state index contributed by atoms with van der Waals surface area (Å²) in [5.41, 5.74) is 6.99. The van der Waals surface area contributed by atoms with Gasteiger partial charge in [-0.05, 0) is 44.6 Å². The van der Waals surface area contributed by atoms with Gasteiger partial charge in [0.25, 0.3) is 0 Å². The second kappa shape index (κ2) is 10.4. The highest BCUT2D eigenvalue weighted by atomic mass is 16.5. The van der Waals surface area contributed by atoms with Gasteiger partial charge < -0.3 is 25.6 Å². The molecule has 1 aromatic rings. The molecule has 1 saturated carbocycles. The van der Waals surface area contributed by atoms with Crippen molar-refractivity contribution < 1.29 is 14.3 Å². The number of hydrogen-bond acceptors (Lipinski definition) is 8. The molecule has 0 saturated heterocycles. The number of carbonyl (C=O) groups is 2. The Balaban J connectivity index is 2.16. The number of hydrazine groups is 1. The molecule has 1 aliphatic rings. The summed E-state index contributed by atoms with van der Waals surface area (Å²) in [6, 6.07) is 5.61. The van der Waals surface area contributed by atoms with Crippen LogP contribution in [0.1, 0.15) is 41.6 Å². The Labute approximate surface area is 172 Å². The van der Waals surface area contributed by atoms with Gasteiger partial charge in [-0.1, -0.05) is 18.9 Å². The Morgan fingerprint density at radius 2 is 2.03 bits per heavy atom. The SMILES string of the molecule is CNC(C=O)(CN(C)Cc1ccc(OC)cc1C=O)/C(N)=C/N(N)C1CCCC1. The number of carbonyl (C=O) groups excluding carboxylic acids is 2. The van der Waals surface area contributed by atoms with E-state index in [1.165, 1.54) is 0 Å². The van der Waals surface area contributed by atoms with Crippen molar-refractivity contribution in [1.82, 2.24) is 15.2 Å². The van der Waals surface area contributed by atoms with Crippen LogP contribution in [-0.2, 0) is 11.3 Å². The van der Waals surface area contributed by atoms with Gasteiger partial charge in [0.15, 0.2) is 6.29 Å². The first-order valence-corrected chi connectivity index (χ1v) is 9.85. The zero-order chi connectivity index (χ0) is 21.4. The number of methoxy groups -OCH3 is 1. The summed E-state index contributed by atoms with van der Waals surface area (Å²) in [5.74, 6) is 6.80. The van der Waals surface area contributed by atoms with Crippen LogP contribution in [-0.4, -0.2) is 61.8 Å². The lowest BCUT2D eigenvalue weighted by atomic mass is 9.96. The molecule has 8 heteroatoms. The third-order valence-electron chi connectivity index (χ3n) is 5.64. The summed E-state index contributed by atoms with van der Waals surface area (Å²) in [4.78, 5) is 25.4. The summed E-state index contributed by atoms with van der Waals surface area (Å²) in [6.45, 7) is 0.787. The van der Waals surface area contributed by atoms with E-state index >= 15 is 0 Å². The maximum atomic E-state index is 12.1. The molecule has 160 valence electrons. The third-order valence-corrected chi connectivity index (χ3v) is 5.64. The van der Waals surface area contributed by atoms with Crippen molar-refractivity contribution in [2.24, 2.45) is 11.6 Å². The number of nitrogens with one attached hydrogen (secondary N) is 1. The van der Waals surface area contributed by atoms with Gasteiger partial charge in [-0.3, -0.25) is 9.69 Å². The fraction of sp³-hybridized carbons (Fsp3) is 0.524. The Morgan fingerprint density at radius 3 is 2.59 bits per heavy atom. The summed E-state index contributed by atoms with van der Waals surface area (Å²) >= 11 is 0. The number of hydrogen-bond donors (Lipinski definition) is 3. The lowest BCUT2D eigenvalue weighted by Crippen LogP contribution is -2.57. The molecule has 1 fully saturated rings. The average molecular weight is 404 g/mol. The molecule has 0 aliphatic heterocycles. The highest BCUT2D eigenvalue weighted by Gasteiger charge is 2.33. The van der Waals surface area contributed by atoms with Crippen LogP contribution in [0.4, 0.5) is 0 Å². The highest BCUT2D eigenvalue weighted by Crippen LogP contribution is 2.23. The Hall–Kier alpha value is -2.42. The molecule has 8 nitrogen and oxygen atoms in total. The van der Waals surface area contributed by atoms with Gasteiger partial charge >= 0.3 is 0 Å². The highest BCUT2D eigenvalue weighted by molar-refractivity contribution is 5.78. The molecule has 29 heavy (non-hydrogen) atoms. The summed E-state index contributed by atoms with van der Waals surface area (Å²) < 4.78 is 5.17. The zero-order valence-corrected chi connectivity index (χ0v) is 17.6. The molecule has 1 unspecified atom stereocenters. The smallest absolute Gasteiger partial charge is 0.150 e. The minimum absolute atomic E-state index is 0.252. The van der Waals surface area contributed by atoms with Gasteiger partial charge in [0.2, 0.25) is 0 Å². The van der Waals surface area contributed by atoms with E-state index < -0.39 is 5.54 Å². The number of rotatable bonds is 11. The van der Waals surface area contributed by atoms with Gasteiger partial charge in [0.1, 0.15) is 17.6 Å². The number of aldehydes is 2. The van der Waals surface area contributed by atoms with Crippen molar-refractivity contribution in [3.63, 3.8) is 0 Å². The van der Waals surface area contributed by atoms with Crippen molar-refractivity contribution >= 4 is 12.6 Å². The van der Waals surface area contributed by atoms with Crippen LogP contribution in [0.25, 0.3) is 0 Å². The first kappa shape index (κ1) is 22.9. The maximum absolute atomic E-state index is 12.1. The van der Waals surface area contributed by atoms with Crippen molar-refractivity contribution in [3.05, 3.63) is 41.2 Å². The van der Waals surface area contributed by atoms with E-state index in [0.717, 1.165) is 43.8 Å². The topological polar surface area (TPSA) is 114 Å². The van der Waals surface area contributed by atoms with Crippen LogP contribution in [0, 0.1) is 0 Å². The second-order valence-electron chi connectivity index (χ2n) is 7.66. The molecular weight excluding hydrogens is 370 g/mol. The first-order valence-electron chi connectivity index (χ1n) is 9.85. The van der Waals surface area contributed by atoms with Crippen molar-refractivity contribution in [3.8, 4) is 5.75 Å². The molecule has 0 heterocycles. The van der Waals surface area contributed by atoms with Gasteiger partial charge in [0.05, 0.1) is 12.8 Å². The van der Waals surface area contributed by atoms with E-state index in [-0.39, 0.29) is 6.04 Å². The standard InChI is InChI=1S/C21H33N5O3/c1-24-21(15-28,20(22)12-26(23)18-6-4-5-7-18)14-25(2)11-16-8-9-19(29-3)10-17(16)13-27/h8-10,12-13,15,18,24H,4-7,11,14,22-23H2,1-3H3/b20-12-. The summed E-state index contributed by atoms with van der Waals surface area (Å²) in [5, 5.41) is 4.68. The Kier molecular flexibility index (Phi) is 8.19. The lowest BCUT2D eigenvalue weighted by molar-refractivity contribution is -0.112. The van der Waals surface area contributed by atoms with Crippen LogP contribution in [0.2, 0.25) is 0 Å². The average Bonchev–Trinajstić information content (AvgIpc) is 3.27. The number of benzene rings is 1. The number of likely N-dealkylation sites (N-methyl/N-ethyl adjacent to an activating group) is 2. The van der Waals surface area contributed by atoms with Crippen molar-refractivity contribution in [2.45, 2.75) is 43.8 Å². The summed E-state index contributed by atoms with van der Waals surface area (Å²) in [7, 11) is 5.13. The minimum atomic E-state index is -1.08. The minimum Gasteiger partial charge on any atom is -0.497 e. The third kappa shape index (κ3) is 5.56. The van der Waals surface area contributed by atoms with Crippen LogP contribution in [0.15, 0.2) is 30.1 Å². The molecule has 0 amide bonds. The molecule has 1 aliphatic carbocycles. The molecule has 2 rings (SSSR count). The fourth-order valence-corrected chi connectivity index (χ4v) is 3.79. The van der Waals surface area contributed by atoms with Crippen LogP contribution in [0.3, 0.4) is 0 Å². The lowest BCUT2D eigenvalue weighted by Gasteiger charge is -2.34. The molecule has 0 aromatic heterocycles. The normalized spacial score (nSPS) is 17.2. The van der Waals surface area contributed by atoms with E-state index in [1.54, 1.807) is 31.4 Å². The largest absolute Gasteiger partial charge is 0.497 e. The monoisotopic (exact) mass is 403 g/mol. The van der Waals surface area contributed by atoms with Gasteiger partial charge in [0, 0.05) is 30.9 Å². The molecule has 1 aromatic carbocycles. The number of ether oxygens (including phenoxy) is 1. The van der Waals surface area contributed by atoms with Crippen molar-refractivity contribution in [2.75, 3.05) is 27.7 Å². The van der Waals surface area contributed by atoms with Crippen molar-refractivity contribution in [1.29, 1.82) is 0 Å². The van der Waals surface area contributed by atoms with Gasteiger partial charge in [-0.2, -0.15) is 0 Å². The summed E-state index contributed by atoms with van der Waals surface area (Å²) in [6.07, 6.45) is 7.64. The van der Waals surface area contributed by atoms with Crippen LogP contribution >= 0.6 is 0 Å². The van der Waals surface area contributed by atoms with Gasteiger partial charge in [-0.15, -0.1) is 0 Å². The maximum Gasteiger partial charge on any atom is 0.150 e. The van der Waals surface area contributed by atoms with Gasteiger partial charge in [-0.25, -0.2) is 5.84 Å². The predicted octanol–water partition coefficient (Wildman–Crippen LogP) is 1.02. The number of nitrogens with zero attached hydrogens (tertiary/aromatic N) is 2. The number of nitrogens with two attached hydrogens (primary N) is 2. The molecule has 0 spiro atoms. The molecular formula is C21H33N5O3. The van der Waals surface area contributed by atoms with E-state index in [1.807, 2.05) is 24.1 Å². The van der Waals surface area contributed by atoms with E-state index in [9.17, 15) is 9.59 Å². The molecule has 0 radical (unpaired) electrons. The van der Waals surface area contributed by atoms with E-state index in [0.29, 0.717) is 30.1 Å². The molecule has 0 bridgehead atoms. The fourth-order valence-electron chi connectivity index (χ4n) is 3.79. The second-order valence-corrected chi connectivity index (χ2v) is 7.66. The quantitative estimate of drug-likeness (QED) is 0.285. The first-order chi connectivity index (χ1) is 13.9. The van der Waals surface area contributed by atoms with E-state index in [2.05, 4.69) is 5.32 Å². The van der Waals surface area contributed by atoms with E-state index in [4.69, 9.17) is 16.3 Å². The van der Waals surface area contributed by atoms with Crippen LogP contribution < -0.4 is 21.6 Å². The predicted molar refractivity (Wildman–Crippen MR) is 113 cm³/mol. The van der Waals surface area contributed by atoms with Crippen LogP contribution in [0.5, 0.6) is 5.75 Å².